The first-order valence-corrected chi connectivity index (χ1v) is 10.7. The van der Waals surface area contributed by atoms with Crippen molar-refractivity contribution in [2.24, 2.45) is 0 Å². The lowest BCUT2D eigenvalue weighted by atomic mass is 10.1. The molecule has 1 atom stereocenters. The first kappa shape index (κ1) is 20.6. The number of hydrogen-bond acceptors (Lipinski definition) is 7. The van der Waals surface area contributed by atoms with Crippen molar-refractivity contribution in [3.63, 3.8) is 0 Å². The molecule has 9 nitrogen and oxygen atoms in total. The summed E-state index contributed by atoms with van der Waals surface area (Å²) in [7, 11) is 0. The van der Waals surface area contributed by atoms with E-state index >= 15 is 0 Å². The lowest BCUT2D eigenvalue weighted by Gasteiger charge is -2.22. The van der Waals surface area contributed by atoms with Crippen LogP contribution < -0.4 is 16.6 Å². The molecule has 0 radical (unpaired) electrons. The van der Waals surface area contributed by atoms with E-state index < -0.39 is 0 Å². The largest absolute Gasteiger partial charge is 0.368 e. The van der Waals surface area contributed by atoms with Crippen molar-refractivity contribution in [3.05, 3.63) is 75.6 Å². The SMILES string of the molecule is Cc1cccc(C)c1-n1c(C(C)Nc2nc(N)nc3nc[nH]c23)nc2cccc(C)c2c1=O. The minimum atomic E-state index is -0.387. The minimum absolute atomic E-state index is 0.104. The van der Waals surface area contributed by atoms with Gasteiger partial charge < -0.3 is 16.0 Å². The summed E-state index contributed by atoms with van der Waals surface area (Å²) in [5, 5.41) is 3.97. The van der Waals surface area contributed by atoms with Crippen LogP contribution in [0.1, 0.15) is 35.5 Å². The van der Waals surface area contributed by atoms with E-state index in [1.54, 1.807) is 4.57 Å². The Bertz CT molecular complexity index is 1560. The van der Waals surface area contributed by atoms with Crippen molar-refractivity contribution < 1.29 is 0 Å². The van der Waals surface area contributed by atoms with Crippen molar-refractivity contribution in [2.75, 3.05) is 11.1 Å². The highest BCUT2D eigenvalue weighted by Gasteiger charge is 2.22. The summed E-state index contributed by atoms with van der Waals surface area (Å²) in [6.07, 6.45) is 1.54. The highest BCUT2D eigenvalue weighted by molar-refractivity contribution is 5.84. The van der Waals surface area contributed by atoms with E-state index in [4.69, 9.17) is 10.7 Å². The third-order valence-electron chi connectivity index (χ3n) is 5.84. The lowest BCUT2D eigenvalue weighted by Crippen LogP contribution is -2.29. The molecule has 5 aromatic rings. The molecule has 33 heavy (non-hydrogen) atoms. The molecule has 1 unspecified atom stereocenters. The van der Waals surface area contributed by atoms with Crippen LogP contribution >= 0.6 is 0 Å². The Kier molecular flexibility index (Phi) is 4.81. The van der Waals surface area contributed by atoms with E-state index in [-0.39, 0.29) is 17.5 Å². The number of rotatable bonds is 4. The van der Waals surface area contributed by atoms with Crippen molar-refractivity contribution in [1.29, 1.82) is 0 Å². The number of nitrogens with two attached hydrogens (primary N) is 1. The number of H-pyrrole nitrogens is 1. The van der Waals surface area contributed by atoms with Gasteiger partial charge in [-0.3, -0.25) is 9.36 Å². The van der Waals surface area contributed by atoms with Crippen LogP contribution in [0.25, 0.3) is 27.8 Å². The summed E-state index contributed by atoms with van der Waals surface area (Å²) < 4.78 is 1.71. The highest BCUT2D eigenvalue weighted by Crippen LogP contribution is 2.27. The fourth-order valence-electron chi connectivity index (χ4n) is 4.30. The highest BCUT2D eigenvalue weighted by atomic mass is 16.1. The third kappa shape index (κ3) is 3.38. The second-order valence-corrected chi connectivity index (χ2v) is 8.22. The molecule has 0 saturated heterocycles. The number of fused-ring (bicyclic) bond motifs is 2. The van der Waals surface area contributed by atoms with Crippen LogP contribution in [0.4, 0.5) is 11.8 Å². The Morgan fingerprint density at radius 3 is 2.45 bits per heavy atom. The number of anilines is 2. The molecule has 0 aliphatic carbocycles. The van der Waals surface area contributed by atoms with Gasteiger partial charge in [-0.1, -0.05) is 30.3 Å². The zero-order valence-electron chi connectivity index (χ0n) is 18.8. The fraction of sp³-hybridized carbons (Fsp3) is 0.208. The molecule has 0 fully saturated rings. The number of aromatic amines is 1. The normalized spacial score (nSPS) is 12.4. The van der Waals surface area contributed by atoms with Crippen LogP contribution in [0.3, 0.4) is 0 Å². The van der Waals surface area contributed by atoms with Gasteiger partial charge in [0.2, 0.25) is 5.95 Å². The number of nitrogen functional groups attached to an aromatic ring is 1. The summed E-state index contributed by atoms with van der Waals surface area (Å²) in [5.41, 5.74) is 11.2. The van der Waals surface area contributed by atoms with Gasteiger partial charge in [-0.05, 0) is 50.5 Å². The van der Waals surface area contributed by atoms with E-state index in [1.807, 2.05) is 64.1 Å². The minimum Gasteiger partial charge on any atom is -0.368 e. The Morgan fingerprint density at radius 1 is 1.00 bits per heavy atom. The van der Waals surface area contributed by atoms with Crippen LogP contribution in [0.15, 0.2) is 47.5 Å². The van der Waals surface area contributed by atoms with Gasteiger partial charge in [0.25, 0.3) is 5.56 Å². The Balaban J connectivity index is 1.76. The number of para-hydroxylation sites is 1. The van der Waals surface area contributed by atoms with E-state index in [2.05, 4.69) is 25.3 Å². The Hall–Kier alpha value is -4.27. The molecule has 9 heteroatoms. The number of nitrogens with zero attached hydrogens (tertiary/aromatic N) is 5. The van der Waals surface area contributed by atoms with E-state index in [0.29, 0.717) is 33.7 Å². The average molecular weight is 441 g/mol. The van der Waals surface area contributed by atoms with Crippen LogP contribution in [0.2, 0.25) is 0 Å². The van der Waals surface area contributed by atoms with Crippen LogP contribution in [-0.2, 0) is 0 Å². The van der Waals surface area contributed by atoms with Gasteiger partial charge in [0.05, 0.1) is 29.0 Å². The van der Waals surface area contributed by atoms with Gasteiger partial charge in [-0.2, -0.15) is 9.97 Å². The first-order chi connectivity index (χ1) is 15.8. The van der Waals surface area contributed by atoms with Crippen molar-refractivity contribution >= 4 is 33.8 Å². The molecular weight excluding hydrogens is 416 g/mol. The number of benzene rings is 2. The van der Waals surface area contributed by atoms with Crippen molar-refractivity contribution in [1.82, 2.24) is 29.5 Å². The maximum Gasteiger partial charge on any atom is 0.266 e. The average Bonchev–Trinajstić information content (AvgIpc) is 3.23. The molecule has 5 rings (SSSR count). The summed E-state index contributed by atoms with van der Waals surface area (Å²) in [4.78, 5) is 34.5. The molecule has 3 heterocycles. The summed E-state index contributed by atoms with van der Waals surface area (Å²) in [6, 6.07) is 11.3. The van der Waals surface area contributed by atoms with Crippen LogP contribution in [0.5, 0.6) is 0 Å². The molecule has 0 amide bonds. The number of aromatic nitrogens is 6. The Labute approximate surface area is 189 Å². The summed E-state index contributed by atoms with van der Waals surface area (Å²) in [5.74, 6) is 1.17. The second kappa shape index (κ2) is 7.70. The van der Waals surface area contributed by atoms with E-state index in [1.165, 1.54) is 6.33 Å². The molecule has 4 N–H and O–H groups in total. The quantitative estimate of drug-likeness (QED) is 0.388. The third-order valence-corrected chi connectivity index (χ3v) is 5.84. The molecule has 166 valence electrons. The van der Waals surface area contributed by atoms with E-state index in [9.17, 15) is 4.79 Å². The first-order valence-electron chi connectivity index (χ1n) is 10.7. The number of imidazole rings is 1. The van der Waals surface area contributed by atoms with Crippen LogP contribution in [-0.4, -0.2) is 29.5 Å². The van der Waals surface area contributed by atoms with Gasteiger partial charge in [0, 0.05) is 0 Å². The van der Waals surface area contributed by atoms with Gasteiger partial charge in [0.1, 0.15) is 11.3 Å². The monoisotopic (exact) mass is 440 g/mol. The molecule has 0 spiro atoms. The fourth-order valence-corrected chi connectivity index (χ4v) is 4.30. The molecule has 3 aromatic heterocycles. The molecular formula is C24H24N8O. The zero-order valence-corrected chi connectivity index (χ0v) is 18.8. The summed E-state index contributed by atoms with van der Waals surface area (Å²) >= 11 is 0. The van der Waals surface area contributed by atoms with Crippen molar-refractivity contribution in [3.8, 4) is 5.69 Å². The lowest BCUT2D eigenvalue weighted by molar-refractivity contribution is 0.727. The predicted octanol–water partition coefficient (Wildman–Crippen LogP) is 3.73. The van der Waals surface area contributed by atoms with E-state index in [0.717, 1.165) is 22.4 Å². The number of nitrogens with one attached hydrogen (secondary N) is 2. The molecule has 0 aliphatic heterocycles. The van der Waals surface area contributed by atoms with Gasteiger partial charge in [-0.25, -0.2) is 9.97 Å². The zero-order chi connectivity index (χ0) is 23.3. The maximum absolute atomic E-state index is 13.9. The molecule has 0 saturated carbocycles. The Morgan fingerprint density at radius 2 is 1.70 bits per heavy atom. The van der Waals surface area contributed by atoms with Crippen molar-refractivity contribution in [2.45, 2.75) is 33.7 Å². The standard InChI is InChI=1S/C24H24N8O/c1-12-7-6-10-16-17(12)23(33)32(19-13(2)8-5-9-14(19)3)22(29-16)15(4)28-21-18-20(27-11-26-18)30-24(25)31-21/h5-11,15H,1-4H3,(H4,25,26,27,28,30,31). The van der Waals surface area contributed by atoms with Gasteiger partial charge in [-0.15, -0.1) is 0 Å². The summed E-state index contributed by atoms with van der Waals surface area (Å²) in [6.45, 7) is 7.87. The van der Waals surface area contributed by atoms with Crippen LogP contribution in [0, 0.1) is 20.8 Å². The van der Waals surface area contributed by atoms with Gasteiger partial charge >= 0.3 is 0 Å². The molecule has 0 aliphatic rings. The number of hydrogen-bond donors (Lipinski definition) is 3. The topological polar surface area (TPSA) is 127 Å². The predicted molar refractivity (Wildman–Crippen MR) is 130 cm³/mol. The smallest absolute Gasteiger partial charge is 0.266 e. The van der Waals surface area contributed by atoms with Gasteiger partial charge in [0.15, 0.2) is 11.5 Å². The maximum atomic E-state index is 13.9. The number of aryl methyl sites for hydroxylation is 3. The molecule has 2 aromatic carbocycles. The molecule has 0 bridgehead atoms. The second-order valence-electron chi connectivity index (χ2n) is 8.22.